The first-order valence-corrected chi connectivity index (χ1v) is 9.09. The topological polar surface area (TPSA) is 65.0 Å². The van der Waals surface area contributed by atoms with Crippen LogP contribution in [-0.2, 0) is 6.54 Å². The Morgan fingerprint density at radius 1 is 1.15 bits per heavy atom. The van der Waals surface area contributed by atoms with E-state index in [1.165, 1.54) is 16.5 Å². The van der Waals surface area contributed by atoms with Crippen LogP contribution in [0.15, 0.2) is 60.9 Å². The van der Waals surface area contributed by atoms with E-state index in [9.17, 15) is 5.11 Å². The van der Waals surface area contributed by atoms with E-state index in [4.69, 9.17) is 0 Å². The lowest BCUT2D eigenvalue weighted by Crippen LogP contribution is -2.31. The van der Waals surface area contributed by atoms with Gasteiger partial charge in [-0.05, 0) is 60.0 Å². The number of aromatic amines is 1. The molecule has 1 unspecified atom stereocenters. The molecular weight excluding hydrogens is 336 g/mol. The molecule has 2 aromatic heterocycles. The second-order valence-corrected chi connectivity index (χ2v) is 7.21. The molecule has 0 saturated heterocycles. The lowest BCUT2D eigenvalue weighted by molar-refractivity contribution is 0.288. The summed E-state index contributed by atoms with van der Waals surface area (Å²) < 4.78 is 0. The summed E-state index contributed by atoms with van der Waals surface area (Å²) in [5.41, 5.74) is 6.00. The van der Waals surface area contributed by atoms with E-state index in [1.54, 1.807) is 6.20 Å². The molecule has 2 N–H and O–H groups in total. The maximum atomic E-state index is 11.0. The minimum Gasteiger partial charge on any atom is -0.507 e. The molecule has 3 heterocycles. The van der Waals surface area contributed by atoms with E-state index < -0.39 is 0 Å². The molecule has 27 heavy (non-hydrogen) atoms. The Bertz CT molecular complexity index is 1120. The Hall–Kier alpha value is -3.18. The minimum atomic E-state index is 0.222. The molecule has 0 saturated carbocycles. The first-order valence-electron chi connectivity index (χ1n) is 9.09. The zero-order valence-electron chi connectivity index (χ0n) is 15.1. The number of phenolic OH excluding ortho intramolecular Hbond substituents is 1. The number of aromatic hydroxyl groups is 1. The van der Waals surface area contributed by atoms with Crippen LogP contribution < -0.4 is 0 Å². The number of rotatable bonds is 2. The van der Waals surface area contributed by atoms with Gasteiger partial charge >= 0.3 is 0 Å². The molecule has 5 heteroatoms. The fraction of sp³-hybridized carbons (Fsp3) is 0.182. The molecule has 2 aromatic carbocycles. The summed E-state index contributed by atoms with van der Waals surface area (Å²) in [7, 11) is 2.10. The van der Waals surface area contributed by atoms with E-state index in [2.05, 4.69) is 57.5 Å². The zero-order chi connectivity index (χ0) is 18.4. The Balaban J connectivity index is 1.64. The van der Waals surface area contributed by atoms with E-state index in [0.29, 0.717) is 11.4 Å². The summed E-state index contributed by atoms with van der Waals surface area (Å²) in [5.74, 6) is 0.534. The van der Waals surface area contributed by atoms with Crippen molar-refractivity contribution in [3.63, 3.8) is 0 Å². The molecule has 1 atom stereocenters. The quantitative estimate of drug-likeness (QED) is 0.572. The first-order chi connectivity index (χ1) is 13.2. The van der Waals surface area contributed by atoms with Crippen LogP contribution in [0.25, 0.3) is 22.2 Å². The molecule has 0 bridgehead atoms. The highest BCUT2D eigenvalue weighted by Gasteiger charge is 2.28. The summed E-state index contributed by atoms with van der Waals surface area (Å²) in [5, 5.41) is 20.3. The number of fused-ring (bicyclic) bond motifs is 2. The third kappa shape index (κ3) is 2.67. The van der Waals surface area contributed by atoms with E-state index in [1.807, 2.05) is 24.4 Å². The van der Waals surface area contributed by atoms with Gasteiger partial charge in [0.05, 0.1) is 5.69 Å². The maximum absolute atomic E-state index is 11.0. The van der Waals surface area contributed by atoms with E-state index in [0.717, 1.165) is 29.7 Å². The predicted molar refractivity (Wildman–Crippen MR) is 106 cm³/mol. The summed E-state index contributed by atoms with van der Waals surface area (Å²) >= 11 is 0. The summed E-state index contributed by atoms with van der Waals surface area (Å²) in [4.78, 5) is 5.51. The van der Waals surface area contributed by atoms with Gasteiger partial charge in [0.2, 0.25) is 0 Å². The number of benzene rings is 2. The highest BCUT2D eigenvalue weighted by molar-refractivity contribution is 5.80. The van der Waals surface area contributed by atoms with Crippen molar-refractivity contribution in [3.8, 4) is 17.0 Å². The van der Waals surface area contributed by atoms with Gasteiger partial charge in [-0.3, -0.25) is 0 Å². The molecule has 1 aliphatic rings. The summed E-state index contributed by atoms with van der Waals surface area (Å²) in [6, 6.07) is 16.5. The largest absolute Gasteiger partial charge is 0.507 e. The molecule has 5 rings (SSSR count). The van der Waals surface area contributed by atoms with Crippen LogP contribution in [0.1, 0.15) is 22.6 Å². The van der Waals surface area contributed by atoms with Gasteiger partial charge < -0.3 is 15.0 Å². The van der Waals surface area contributed by atoms with Crippen LogP contribution in [0, 0.1) is 0 Å². The number of aromatic nitrogens is 3. The Kier molecular flexibility index (Phi) is 3.69. The lowest BCUT2D eigenvalue weighted by atomic mass is 9.83. The zero-order valence-corrected chi connectivity index (χ0v) is 15.1. The number of nitrogens with one attached hydrogen (secondary N) is 1. The number of hydrogen-bond donors (Lipinski definition) is 2. The highest BCUT2D eigenvalue weighted by atomic mass is 16.3. The lowest BCUT2D eigenvalue weighted by Gasteiger charge is -2.33. The van der Waals surface area contributed by atoms with Crippen molar-refractivity contribution in [1.82, 2.24) is 20.1 Å². The fourth-order valence-corrected chi connectivity index (χ4v) is 4.11. The summed E-state index contributed by atoms with van der Waals surface area (Å²) in [6.07, 6.45) is 3.61. The van der Waals surface area contributed by atoms with Gasteiger partial charge in [0, 0.05) is 48.0 Å². The number of phenols is 1. The van der Waals surface area contributed by atoms with E-state index >= 15 is 0 Å². The molecule has 1 aliphatic heterocycles. The molecule has 0 spiro atoms. The van der Waals surface area contributed by atoms with Crippen molar-refractivity contribution in [1.29, 1.82) is 0 Å². The molecule has 0 aliphatic carbocycles. The van der Waals surface area contributed by atoms with Crippen LogP contribution in [0.2, 0.25) is 0 Å². The molecule has 0 radical (unpaired) electrons. The molecular formula is C22H20N4O. The van der Waals surface area contributed by atoms with Crippen molar-refractivity contribution < 1.29 is 5.11 Å². The molecule has 0 fully saturated rings. The second kappa shape index (κ2) is 6.21. The van der Waals surface area contributed by atoms with Gasteiger partial charge in [0.1, 0.15) is 5.75 Å². The first kappa shape index (κ1) is 16.0. The van der Waals surface area contributed by atoms with Gasteiger partial charge in [-0.2, -0.15) is 10.2 Å². The third-order valence-electron chi connectivity index (χ3n) is 5.44. The number of H-pyrrole nitrogens is 1. The Labute approximate surface area is 157 Å². The van der Waals surface area contributed by atoms with E-state index in [-0.39, 0.29) is 5.92 Å². The smallest absolute Gasteiger partial charge is 0.129 e. The summed E-state index contributed by atoms with van der Waals surface area (Å²) in [6.45, 7) is 1.64. The van der Waals surface area contributed by atoms with Gasteiger partial charge in [0.15, 0.2) is 0 Å². The van der Waals surface area contributed by atoms with Crippen molar-refractivity contribution in [2.75, 3.05) is 13.6 Å². The Morgan fingerprint density at radius 3 is 2.93 bits per heavy atom. The maximum Gasteiger partial charge on any atom is 0.129 e. The Morgan fingerprint density at radius 2 is 2.07 bits per heavy atom. The number of hydrogen-bond acceptors (Lipinski definition) is 4. The average Bonchev–Trinajstić information content (AvgIpc) is 3.17. The second-order valence-electron chi connectivity index (χ2n) is 7.21. The molecule has 134 valence electrons. The fourth-order valence-electron chi connectivity index (χ4n) is 4.11. The van der Waals surface area contributed by atoms with Crippen LogP contribution in [0.3, 0.4) is 0 Å². The van der Waals surface area contributed by atoms with Crippen molar-refractivity contribution >= 4 is 10.9 Å². The monoisotopic (exact) mass is 356 g/mol. The van der Waals surface area contributed by atoms with Crippen LogP contribution in [-0.4, -0.2) is 38.8 Å². The molecule has 5 nitrogen and oxygen atoms in total. The SMILES string of the molecule is CN1Cc2c(ccc(-c3cccnn3)c2O)C(c2ccc3[nH]ccc3c2)C1. The normalized spacial score (nSPS) is 17.1. The van der Waals surface area contributed by atoms with Gasteiger partial charge in [0.25, 0.3) is 0 Å². The van der Waals surface area contributed by atoms with Gasteiger partial charge in [-0.15, -0.1) is 0 Å². The highest BCUT2D eigenvalue weighted by Crippen LogP contribution is 2.41. The van der Waals surface area contributed by atoms with Gasteiger partial charge in [-0.1, -0.05) is 12.1 Å². The van der Waals surface area contributed by atoms with Crippen molar-refractivity contribution in [2.24, 2.45) is 0 Å². The number of likely N-dealkylation sites (N-methyl/N-ethyl adjacent to an activating group) is 1. The van der Waals surface area contributed by atoms with Crippen LogP contribution >= 0.6 is 0 Å². The standard InChI is InChI=1S/C22H20N4O/c1-26-12-18(14-4-7-20-15(11-14)8-10-23-20)16-5-6-17(22(27)19(16)13-26)21-3-2-9-24-25-21/h2-11,18,23,27H,12-13H2,1H3. The third-order valence-corrected chi connectivity index (χ3v) is 5.44. The average molecular weight is 356 g/mol. The predicted octanol–water partition coefficient (Wildman–Crippen LogP) is 3.91. The number of nitrogens with zero attached hydrogens (tertiary/aromatic N) is 3. The van der Waals surface area contributed by atoms with Gasteiger partial charge in [-0.25, -0.2) is 0 Å². The molecule has 4 aromatic rings. The molecule has 0 amide bonds. The van der Waals surface area contributed by atoms with Crippen molar-refractivity contribution in [2.45, 2.75) is 12.5 Å². The van der Waals surface area contributed by atoms with Crippen LogP contribution in [0.4, 0.5) is 0 Å². The van der Waals surface area contributed by atoms with Crippen molar-refractivity contribution in [3.05, 3.63) is 77.6 Å². The minimum absolute atomic E-state index is 0.222. The van der Waals surface area contributed by atoms with Crippen LogP contribution in [0.5, 0.6) is 5.75 Å².